The fraction of sp³-hybridized carbons (Fsp3) is 0.0526. The lowest BCUT2D eigenvalue weighted by Gasteiger charge is -2.30. The Morgan fingerprint density at radius 2 is 0.932 bits per heavy atom. The first-order valence-electron chi connectivity index (χ1n) is 20.4. The molecule has 0 atom stereocenters. The van der Waals surface area contributed by atoms with E-state index in [0.29, 0.717) is 0 Å². The van der Waals surface area contributed by atoms with Gasteiger partial charge in [-0.25, -0.2) is 0 Å². The largest absolute Gasteiger partial charge is 0.456 e. The van der Waals surface area contributed by atoms with Crippen LogP contribution in [0, 0.1) is 0 Å². The van der Waals surface area contributed by atoms with E-state index < -0.39 is 0 Å². The van der Waals surface area contributed by atoms with Crippen molar-refractivity contribution in [3.63, 3.8) is 0 Å². The Morgan fingerprint density at radius 3 is 1.68 bits per heavy atom. The second-order valence-corrected chi connectivity index (χ2v) is 16.1. The van der Waals surface area contributed by atoms with Crippen LogP contribution in [-0.4, -0.2) is 0 Å². The first-order chi connectivity index (χ1) is 29.0. The first-order valence-corrected chi connectivity index (χ1v) is 20.4. The van der Waals surface area contributed by atoms with Crippen LogP contribution < -0.4 is 4.90 Å². The zero-order chi connectivity index (χ0) is 39.5. The van der Waals surface area contributed by atoms with Gasteiger partial charge in [0, 0.05) is 33.1 Å². The molecule has 1 aliphatic rings. The van der Waals surface area contributed by atoms with Crippen LogP contribution in [0.3, 0.4) is 0 Å². The van der Waals surface area contributed by atoms with Crippen molar-refractivity contribution in [2.24, 2.45) is 0 Å². The molecule has 0 N–H and O–H groups in total. The third-order valence-electron chi connectivity index (χ3n) is 12.3. The molecule has 0 radical (unpaired) electrons. The van der Waals surface area contributed by atoms with E-state index >= 15 is 0 Å². The summed E-state index contributed by atoms with van der Waals surface area (Å²) >= 11 is 0. The number of rotatable bonds is 7. The van der Waals surface area contributed by atoms with Crippen molar-refractivity contribution >= 4 is 39.0 Å². The molecule has 1 aromatic heterocycles. The summed E-state index contributed by atoms with van der Waals surface area (Å²) in [6.45, 7) is 4.71. The monoisotopic (exact) mass is 755 g/mol. The van der Waals surface area contributed by atoms with E-state index in [1.54, 1.807) is 0 Å². The van der Waals surface area contributed by atoms with Crippen molar-refractivity contribution in [3.05, 3.63) is 223 Å². The minimum Gasteiger partial charge on any atom is -0.456 e. The smallest absolute Gasteiger partial charge is 0.136 e. The van der Waals surface area contributed by atoms with Gasteiger partial charge in [0.15, 0.2) is 0 Å². The van der Waals surface area contributed by atoms with E-state index in [2.05, 4.69) is 231 Å². The van der Waals surface area contributed by atoms with E-state index in [-0.39, 0.29) is 5.41 Å². The van der Waals surface area contributed by atoms with Crippen molar-refractivity contribution < 1.29 is 4.42 Å². The summed E-state index contributed by atoms with van der Waals surface area (Å²) in [5.74, 6) is 0. The van der Waals surface area contributed by atoms with Crippen LogP contribution in [0.5, 0.6) is 0 Å². The Kier molecular flexibility index (Phi) is 8.20. The number of para-hydroxylation sites is 1. The number of hydrogen-bond acceptors (Lipinski definition) is 2. The maximum absolute atomic E-state index is 6.67. The number of anilines is 3. The molecule has 10 aromatic rings. The van der Waals surface area contributed by atoms with Crippen LogP contribution in [-0.2, 0) is 5.41 Å². The second-order valence-electron chi connectivity index (χ2n) is 16.1. The van der Waals surface area contributed by atoms with Crippen LogP contribution in [0.2, 0.25) is 0 Å². The number of nitrogens with zero attached hydrogens (tertiary/aromatic N) is 1. The number of fused-ring (bicyclic) bond motifs is 6. The molecule has 0 spiro atoms. The fourth-order valence-corrected chi connectivity index (χ4v) is 9.39. The van der Waals surface area contributed by atoms with Gasteiger partial charge in [-0.15, -0.1) is 0 Å². The summed E-state index contributed by atoms with van der Waals surface area (Å²) in [4.78, 5) is 2.46. The summed E-state index contributed by atoms with van der Waals surface area (Å²) in [6.07, 6.45) is 0. The molecule has 2 nitrogen and oxygen atoms in total. The highest BCUT2D eigenvalue weighted by molar-refractivity contribution is 6.18. The van der Waals surface area contributed by atoms with E-state index in [0.717, 1.165) is 61.3 Å². The maximum Gasteiger partial charge on any atom is 0.136 e. The predicted octanol–water partition coefficient (Wildman–Crippen LogP) is 16.0. The average molecular weight is 756 g/mol. The molecule has 0 aliphatic heterocycles. The summed E-state index contributed by atoms with van der Waals surface area (Å²) in [5, 5.41) is 2.19. The molecule has 2 heteroatoms. The van der Waals surface area contributed by atoms with E-state index in [9.17, 15) is 0 Å². The van der Waals surface area contributed by atoms with Crippen molar-refractivity contribution in [1.29, 1.82) is 0 Å². The minimum absolute atomic E-state index is 0.161. The molecular formula is C57H41NO. The molecule has 59 heavy (non-hydrogen) atoms. The van der Waals surface area contributed by atoms with Gasteiger partial charge in [0.1, 0.15) is 11.2 Å². The summed E-state index contributed by atoms with van der Waals surface area (Å²) in [7, 11) is 0. The third kappa shape index (κ3) is 5.79. The van der Waals surface area contributed by atoms with Crippen LogP contribution in [0.4, 0.5) is 17.1 Å². The van der Waals surface area contributed by atoms with Gasteiger partial charge >= 0.3 is 0 Å². The summed E-state index contributed by atoms with van der Waals surface area (Å²) in [6, 6.07) is 76.9. The molecule has 0 bridgehead atoms. The Labute approximate surface area is 345 Å². The maximum atomic E-state index is 6.67. The van der Waals surface area contributed by atoms with Crippen molar-refractivity contribution in [2.75, 3.05) is 4.90 Å². The van der Waals surface area contributed by atoms with E-state index in [1.165, 1.54) is 44.5 Å². The van der Waals surface area contributed by atoms with Crippen molar-refractivity contribution in [1.82, 2.24) is 0 Å². The molecule has 280 valence electrons. The van der Waals surface area contributed by atoms with Gasteiger partial charge in [-0.05, 0) is 110 Å². The predicted molar refractivity (Wildman–Crippen MR) is 248 cm³/mol. The summed E-state index contributed by atoms with van der Waals surface area (Å²) in [5.41, 5.74) is 19.5. The molecule has 0 saturated heterocycles. The lowest BCUT2D eigenvalue weighted by molar-refractivity contribution is 0.660. The molecule has 11 rings (SSSR count). The van der Waals surface area contributed by atoms with Crippen molar-refractivity contribution in [3.8, 4) is 55.6 Å². The van der Waals surface area contributed by atoms with Gasteiger partial charge in [0.2, 0.25) is 0 Å². The Bertz CT molecular complexity index is 3160. The standard InChI is InChI=1S/C57H41NO/c1-57(2)50-24-14-12-22-45(50)46-33-31-44(37-51(46)57)58(43-29-26-40(27-30-43)38-16-6-3-7-17-38)52-34-35-54-56(48-23-13-15-25-53(48)59-54)55(52)47-32-28-42(39-18-8-4-9-19-39)36-49(47)41-20-10-5-11-21-41/h3-37H,1-2H3. The topological polar surface area (TPSA) is 16.4 Å². The van der Waals surface area contributed by atoms with Crippen LogP contribution in [0.25, 0.3) is 77.6 Å². The highest BCUT2D eigenvalue weighted by Gasteiger charge is 2.36. The number of furan rings is 1. The van der Waals surface area contributed by atoms with Gasteiger partial charge in [-0.1, -0.05) is 178 Å². The van der Waals surface area contributed by atoms with Gasteiger partial charge < -0.3 is 9.32 Å². The molecule has 9 aromatic carbocycles. The fourth-order valence-electron chi connectivity index (χ4n) is 9.39. The van der Waals surface area contributed by atoms with Gasteiger partial charge in [0.25, 0.3) is 0 Å². The van der Waals surface area contributed by atoms with Crippen LogP contribution in [0.1, 0.15) is 25.0 Å². The average Bonchev–Trinajstić information content (AvgIpc) is 3.79. The van der Waals surface area contributed by atoms with Gasteiger partial charge in [-0.2, -0.15) is 0 Å². The van der Waals surface area contributed by atoms with E-state index in [1.807, 2.05) is 0 Å². The zero-order valence-electron chi connectivity index (χ0n) is 33.1. The van der Waals surface area contributed by atoms with Crippen LogP contribution >= 0.6 is 0 Å². The van der Waals surface area contributed by atoms with E-state index in [4.69, 9.17) is 4.42 Å². The summed E-state index contributed by atoms with van der Waals surface area (Å²) < 4.78 is 6.67. The zero-order valence-corrected chi connectivity index (χ0v) is 33.1. The minimum atomic E-state index is -0.161. The molecular weight excluding hydrogens is 715 g/mol. The molecule has 0 unspecified atom stereocenters. The molecule has 1 aliphatic carbocycles. The highest BCUT2D eigenvalue weighted by Crippen LogP contribution is 2.53. The molecule has 0 amide bonds. The van der Waals surface area contributed by atoms with Gasteiger partial charge in [0.05, 0.1) is 5.69 Å². The van der Waals surface area contributed by atoms with Gasteiger partial charge in [-0.3, -0.25) is 0 Å². The quantitative estimate of drug-likeness (QED) is 0.161. The lowest BCUT2D eigenvalue weighted by atomic mass is 9.82. The SMILES string of the molecule is CC1(C)c2ccccc2-c2ccc(N(c3ccc(-c4ccccc4)cc3)c3ccc4oc5ccccc5c4c3-c3ccc(-c4ccccc4)cc3-c3ccccc3)cc21. The molecule has 1 heterocycles. The molecule has 0 fully saturated rings. The Balaban J connectivity index is 1.21. The van der Waals surface area contributed by atoms with Crippen molar-refractivity contribution in [2.45, 2.75) is 19.3 Å². The normalized spacial score (nSPS) is 12.7. The second kappa shape index (κ2) is 13.9. The Hall–Kier alpha value is -7.42. The third-order valence-corrected chi connectivity index (χ3v) is 12.3. The van der Waals surface area contributed by atoms with Crippen LogP contribution in [0.15, 0.2) is 217 Å². The Morgan fingerprint density at radius 1 is 0.373 bits per heavy atom. The molecule has 0 saturated carbocycles. The number of hydrogen-bond donors (Lipinski definition) is 0. The highest BCUT2D eigenvalue weighted by atomic mass is 16.3. The number of benzene rings is 9. The first kappa shape index (κ1) is 34.8. The lowest BCUT2D eigenvalue weighted by Crippen LogP contribution is -2.17.